The molecule has 3 aromatic rings. The maximum Gasteiger partial charge on any atom is 0.112 e. The first-order valence-corrected chi connectivity index (χ1v) is 10.7. The molecule has 0 N–H and O–H groups in total. The highest BCUT2D eigenvalue weighted by molar-refractivity contribution is 5.33. The predicted octanol–water partition coefficient (Wildman–Crippen LogP) is 6.67. The number of unbranched alkanes of at least 4 members (excludes halogenated alkanes) is 3. The van der Waals surface area contributed by atoms with Crippen LogP contribution in [0.25, 0.3) is 0 Å². The van der Waals surface area contributed by atoms with Crippen molar-refractivity contribution in [2.45, 2.75) is 63.7 Å². The van der Waals surface area contributed by atoms with Gasteiger partial charge in [-0.15, -0.1) is 0 Å². The largest absolute Gasteiger partial charge is 0.338 e. The zero-order chi connectivity index (χ0) is 19.8. The molecule has 2 atom stereocenters. The quantitative estimate of drug-likeness (QED) is 0.362. The third-order valence-electron chi connectivity index (χ3n) is 6.13. The Hall–Kier alpha value is -2.35. The molecule has 2 unspecified atom stereocenters. The standard InChI is InChI=1S/C26H34N2/c1-4-5-6-13-18-24(25-27-19-20-28(25)3)26(2,23-16-11-8-12-17-23)21-22-14-9-7-10-15-22/h7-12,14-17,19-20,24H,4-6,13,18,21H2,1-3H3. The molecule has 2 heteroatoms. The molecule has 0 spiro atoms. The molecule has 1 heterocycles. The smallest absolute Gasteiger partial charge is 0.112 e. The Morgan fingerprint density at radius 1 is 0.929 bits per heavy atom. The van der Waals surface area contributed by atoms with Crippen LogP contribution in [0.3, 0.4) is 0 Å². The first-order chi connectivity index (χ1) is 13.6. The van der Waals surface area contributed by atoms with Crippen LogP contribution in [-0.2, 0) is 18.9 Å². The third-order valence-corrected chi connectivity index (χ3v) is 6.13. The second-order valence-electron chi connectivity index (χ2n) is 8.24. The number of imidazole rings is 1. The molecule has 1 aromatic heterocycles. The SMILES string of the molecule is CCCCCCC(c1nccn1C)C(C)(Cc1ccccc1)c1ccccc1. The number of rotatable bonds is 10. The minimum atomic E-state index is -0.00601. The van der Waals surface area contributed by atoms with Crippen LogP contribution in [0.15, 0.2) is 73.1 Å². The summed E-state index contributed by atoms with van der Waals surface area (Å²) in [5.41, 5.74) is 2.79. The molecule has 28 heavy (non-hydrogen) atoms. The molecule has 3 rings (SSSR count). The zero-order valence-corrected chi connectivity index (χ0v) is 17.6. The average Bonchev–Trinajstić information content (AvgIpc) is 3.15. The summed E-state index contributed by atoms with van der Waals surface area (Å²) in [6.07, 6.45) is 11.4. The van der Waals surface area contributed by atoms with Gasteiger partial charge < -0.3 is 4.57 Å². The molecular weight excluding hydrogens is 340 g/mol. The van der Waals surface area contributed by atoms with Gasteiger partial charge in [0.15, 0.2) is 0 Å². The summed E-state index contributed by atoms with van der Waals surface area (Å²) in [7, 11) is 2.13. The number of hydrogen-bond donors (Lipinski definition) is 0. The van der Waals surface area contributed by atoms with E-state index in [2.05, 4.69) is 92.3 Å². The van der Waals surface area contributed by atoms with E-state index in [0.717, 1.165) is 6.42 Å². The fraction of sp³-hybridized carbons (Fsp3) is 0.423. The lowest BCUT2D eigenvalue weighted by Gasteiger charge is -2.38. The molecule has 0 saturated heterocycles. The van der Waals surface area contributed by atoms with Gasteiger partial charge in [0, 0.05) is 30.8 Å². The second-order valence-corrected chi connectivity index (χ2v) is 8.24. The van der Waals surface area contributed by atoms with E-state index in [4.69, 9.17) is 4.98 Å². The van der Waals surface area contributed by atoms with Crippen LogP contribution >= 0.6 is 0 Å². The molecule has 0 bridgehead atoms. The van der Waals surface area contributed by atoms with E-state index in [-0.39, 0.29) is 5.41 Å². The lowest BCUT2D eigenvalue weighted by Crippen LogP contribution is -2.34. The van der Waals surface area contributed by atoms with Crippen LogP contribution in [0.1, 0.15) is 68.8 Å². The van der Waals surface area contributed by atoms with Crippen LogP contribution in [0.2, 0.25) is 0 Å². The molecule has 0 aliphatic heterocycles. The van der Waals surface area contributed by atoms with Crippen LogP contribution < -0.4 is 0 Å². The maximum atomic E-state index is 4.81. The van der Waals surface area contributed by atoms with Crippen LogP contribution in [0.4, 0.5) is 0 Å². The average molecular weight is 375 g/mol. The predicted molar refractivity (Wildman–Crippen MR) is 119 cm³/mol. The fourth-order valence-electron chi connectivity index (χ4n) is 4.49. The second kappa shape index (κ2) is 9.73. The Labute approximate surface area is 170 Å². The Kier molecular flexibility index (Phi) is 7.08. The van der Waals surface area contributed by atoms with E-state index in [1.54, 1.807) is 0 Å². The summed E-state index contributed by atoms with van der Waals surface area (Å²) in [6.45, 7) is 4.72. The number of aromatic nitrogens is 2. The number of nitrogens with zero attached hydrogens (tertiary/aromatic N) is 2. The number of hydrogen-bond acceptors (Lipinski definition) is 1. The summed E-state index contributed by atoms with van der Waals surface area (Å²) in [5.74, 6) is 1.59. The third kappa shape index (κ3) is 4.73. The molecule has 0 saturated carbocycles. The van der Waals surface area contributed by atoms with Gasteiger partial charge in [-0.2, -0.15) is 0 Å². The first kappa shape index (κ1) is 20.4. The van der Waals surface area contributed by atoms with E-state index < -0.39 is 0 Å². The van der Waals surface area contributed by atoms with Crippen molar-refractivity contribution in [2.75, 3.05) is 0 Å². The lowest BCUT2D eigenvalue weighted by atomic mass is 9.66. The Morgan fingerprint density at radius 3 is 2.21 bits per heavy atom. The van der Waals surface area contributed by atoms with Crippen molar-refractivity contribution in [3.8, 4) is 0 Å². The van der Waals surface area contributed by atoms with Crippen molar-refractivity contribution in [2.24, 2.45) is 7.05 Å². The Balaban J connectivity index is 2.01. The first-order valence-electron chi connectivity index (χ1n) is 10.7. The van der Waals surface area contributed by atoms with Gasteiger partial charge in [0.25, 0.3) is 0 Å². The molecule has 0 fully saturated rings. The van der Waals surface area contributed by atoms with E-state index >= 15 is 0 Å². The molecule has 0 aliphatic rings. The number of aryl methyl sites for hydroxylation is 1. The van der Waals surface area contributed by atoms with Crippen molar-refractivity contribution < 1.29 is 0 Å². The van der Waals surface area contributed by atoms with Gasteiger partial charge >= 0.3 is 0 Å². The molecule has 2 nitrogen and oxygen atoms in total. The maximum absolute atomic E-state index is 4.81. The molecule has 0 radical (unpaired) electrons. The highest BCUT2D eigenvalue weighted by atomic mass is 15.0. The van der Waals surface area contributed by atoms with E-state index in [1.165, 1.54) is 49.1 Å². The van der Waals surface area contributed by atoms with Crippen molar-refractivity contribution in [3.05, 3.63) is 90.0 Å². The minimum absolute atomic E-state index is 0.00601. The highest BCUT2D eigenvalue weighted by Gasteiger charge is 2.38. The van der Waals surface area contributed by atoms with E-state index in [9.17, 15) is 0 Å². The Bertz CT molecular complexity index is 822. The van der Waals surface area contributed by atoms with Gasteiger partial charge in [0.1, 0.15) is 5.82 Å². The summed E-state index contributed by atoms with van der Waals surface area (Å²) in [6, 6.07) is 22.0. The lowest BCUT2D eigenvalue weighted by molar-refractivity contribution is 0.326. The molecular formula is C26H34N2. The molecule has 148 valence electrons. The molecule has 0 aliphatic carbocycles. The summed E-state index contributed by atoms with van der Waals surface area (Å²) in [4.78, 5) is 4.81. The summed E-state index contributed by atoms with van der Waals surface area (Å²) >= 11 is 0. The van der Waals surface area contributed by atoms with Crippen LogP contribution in [-0.4, -0.2) is 9.55 Å². The minimum Gasteiger partial charge on any atom is -0.338 e. The van der Waals surface area contributed by atoms with Gasteiger partial charge in [-0.3, -0.25) is 0 Å². The summed E-state index contributed by atoms with van der Waals surface area (Å²) < 4.78 is 2.22. The van der Waals surface area contributed by atoms with Gasteiger partial charge in [-0.1, -0.05) is 100 Å². The summed E-state index contributed by atoms with van der Waals surface area (Å²) in [5, 5.41) is 0. The monoisotopic (exact) mass is 374 g/mol. The van der Waals surface area contributed by atoms with Gasteiger partial charge in [-0.25, -0.2) is 4.98 Å². The van der Waals surface area contributed by atoms with Gasteiger partial charge in [0.05, 0.1) is 0 Å². The molecule has 2 aromatic carbocycles. The van der Waals surface area contributed by atoms with Crippen LogP contribution in [0, 0.1) is 0 Å². The molecule has 0 amide bonds. The van der Waals surface area contributed by atoms with Gasteiger partial charge in [-0.05, 0) is 24.0 Å². The van der Waals surface area contributed by atoms with Crippen molar-refractivity contribution >= 4 is 0 Å². The van der Waals surface area contributed by atoms with E-state index in [0.29, 0.717) is 5.92 Å². The topological polar surface area (TPSA) is 17.8 Å². The number of benzene rings is 2. The van der Waals surface area contributed by atoms with Gasteiger partial charge in [0.2, 0.25) is 0 Å². The van der Waals surface area contributed by atoms with Crippen molar-refractivity contribution in [1.29, 1.82) is 0 Å². The van der Waals surface area contributed by atoms with Crippen LogP contribution in [0.5, 0.6) is 0 Å². The Morgan fingerprint density at radius 2 is 1.61 bits per heavy atom. The van der Waals surface area contributed by atoms with E-state index in [1.807, 2.05) is 6.20 Å². The normalized spacial score (nSPS) is 14.5. The zero-order valence-electron chi connectivity index (χ0n) is 17.6. The fourth-order valence-corrected chi connectivity index (χ4v) is 4.49. The van der Waals surface area contributed by atoms with Crippen molar-refractivity contribution in [1.82, 2.24) is 9.55 Å². The van der Waals surface area contributed by atoms with Crippen molar-refractivity contribution in [3.63, 3.8) is 0 Å². The highest BCUT2D eigenvalue weighted by Crippen LogP contribution is 2.44.